The van der Waals surface area contributed by atoms with Crippen LogP contribution in [-0.2, 0) is 15.6 Å². The minimum atomic E-state index is -3.30. The molecule has 0 bridgehead atoms. The van der Waals surface area contributed by atoms with Crippen LogP contribution in [0.4, 0.5) is 0 Å². The van der Waals surface area contributed by atoms with Gasteiger partial charge in [-0.2, -0.15) is 0 Å². The lowest BCUT2D eigenvalue weighted by Gasteiger charge is -2.13. The largest absolute Gasteiger partial charge is 0.320 e. The summed E-state index contributed by atoms with van der Waals surface area (Å²) in [7, 11) is -3.30. The van der Waals surface area contributed by atoms with E-state index in [0.717, 1.165) is 11.1 Å². The Morgan fingerprint density at radius 3 is 2.33 bits per heavy atom. The maximum atomic E-state index is 12.3. The Morgan fingerprint density at radius 2 is 1.56 bits per heavy atom. The van der Waals surface area contributed by atoms with Crippen LogP contribution in [0.5, 0.6) is 0 Å². The van der Waals surface area contributed by atoms with Crippen molar-refractivity contribution in [1.29, 1.82) is 0 Å². The molecule has 2 aromatic rings. The highest BCUT2D eigenvalue weighted by molar-refractivity contribution is 7.90. The normalized spacial score (nSPS) is 20.6. The highest BCUT2D eigenvalue weighted by atomic mass is 32.2. The van der Waals surface area contributed by atoms with Crippen molar-refractivity contribution in [2.45, 2.75) is 16.7 Å². The molecule has 0 spiro atoms. The molecule has 0 aliphatic carbocycles. The number of benzene rings is 2. The lowest BCUT2D eigenvalue weighted by atomic mass is 9.96. The molecule has 0 radical (unpaired) electrons. The highest BCUT2D eigenvalue weighted by Crippen LogP contribution is 2.34. The van der Waals surface area contributed by atoms with E-state index in [4.69, 9.17) is 5.73 Å². The molecule has 0 aromatic heterocycles. The van der Waals surface area contributed by atoms with E-state index in [0.29, 0.717) is 10.5 Å². The molecule has 1 aliphatic heterocycles. The summed E-state index contributed by atoms with van der Waals surface area (Å²) in [6.45, 7) is 0. The van der Waals surface area contributed by atoms with Crippen molar-refractivity contribution in [3.05, 3.63) is 65.2 Å². The summed E-state index contributed by atoms with van der Waals surface area (Å²) in [6.07, 6.45) is 0. The van der Waals surface area contributed by atoms with Crippen molar-refractivity contribution in [2.75, 3.05) is 0 Å². The van der Waals surface area contributed by atoms with E-state index in [1.165, 1.54) is 0 Å². The van der Waals surface area contributed by atoms with Gasteiger partial charge in [0.2, 0.25) is 0 Å². The Bertz CT molecular complexity index is 707. The number of rotatable bonds is 0. The SMILES string of the molecule is N[C@@H]1c2ccccc2CS(=O)(=O)c2ccccc21. The van der Waals surface area contributed by atoms with Gasteiger partial charge in [-0.1, -0.05) is 42.5 Å². The smallest absolute Gasteiger partial charge is 0.182 e. The quantitative estimate of drug-likeness (QED) is 0.787. The highest BCUT2D eigenvalue weighted by Gasteiger charge is 2.28. The number of sulfone groups is 1. The lowest BCUT2D eigenvalue weighted by molar-refractivity contribution is 0.595. The second-order valence-corrected chi connectivity index (χ2v) is 6.43. The summed E-state index contributed by atoms with van der Waals surface area (Å²) in [6, 6.07) is 14.1. The van der Waals surface area contributed by atoms with Gasteiger partial charge in [0, 0.05) is 0 Å². The summed E-state index contributed by atoms with van der Waals surface area (Å²) in [5.41, 5.74) is 8.58. The van der Waals surface area contributed by atoms with Gasteiger partial charge in [0.05, 0.1) is 16.7 Å². The fraction of sp³-hybridized carbons (Fsp3) is 0.143. The van der Waals surface area contributed by atoms with Gasteiger partial charge in [0.25, 0.3) is 0 Å². The molecule has 1 aliphatic rings. The Labute approximate surface area is 106 Å². The maximum absolute atomic E-state index is 12.3. The Morgan fingerprint density at radius 1 is 0.944 bits per heavy atom. The molecule has 92 valence electrons. The molecule has 4 heteroatoms. The van der Waals surface area contributed by atoms with E-state index in [1.54, 1.807) is 18.2 Å². The van der Waals surface area contributed by atoms with E-state index in [-0.39, 0.29) is 11.8 Å². The zero-order valence-electron chi connectivity index (χ0n) is 9.71. The van der Waals surface area contributed by atoms with Crippen LogP contribution in [0.1, 0.15) is 22.7 Å². The number of hydrogen-bond acceptors (Lipinski definition) is 3. The zero-order valence-corrected chi connectivity index (χ0v) is 10.5. The monoisotopic (exact) mass is 259 g/mol. The first-order valence-electron chi connectivity index (χ1n) is 5.75. The van der Waals surface area contributed by atoms with Crippen LogP contribution < -0.4 is 5.73 Å². The fourth-order valence-corrected chi connectivity index (χ4v) is 4.11. The average Bonchev–Trinajstić information content (AvgIpc) is 2.45. The van der Waals surface area contributed by atoms with Gasteiger partial charge in [-0.3, -0.25) is 0 Å². The third-order valence-corrected chi connectivity index (χ3v) is 5.06. The van der Waals surface area contributed by atoms with Crippen LogP contribution in [0.15, 0.2) is 53.4 Å². The molecule has 3 nitrogen and oxygen atoms in total. The second kappa shape index (κ2) is 3.93. The Hall–Kier alpha value is -1.65. The minimum Gasteiger partial charge on any atom is -0.320 e. The molecule has 1 heterocycles. The molecular formula is C14H13NO2S. The van der Waals surface area contributed by atoms with Gasteiger partial charge in [-0.25, -0.2) is 8.42 Å². The van der Waals surface area contributed by atoms with Crippen molar-refractivity contribution in [2.24, 2.45) is 5.73 Å². The molecule has 3 rings (SSSR count). The van der Waals surface area contributed by atoms with Crippen LogP contribution in [0, 0.1) is 0 Å². The standard InChI is InChI=1S/C14H13NO2S/c15-14-11-6-2-1-5-10(11)9-18(16,17)13-8-4-3-7-12(13)14/h1-8,14H,9,15H2/t14-/m1/s1. The average molecular weight is 259 g/mol. The van der Waals surface area contributed by atoms with Crippen LogP contribution in [-0.4, -0.2) is 8.42 Å². The molecular weight excluding hydrogens is 246 g/mol. The van der Waals surface area contributed by atoms with Gasteiger partial charge < -0.3 is 5.73 Å². The lowest BCUT2D eigenvalue weighted by Crippen LogP contribution is -2.13. The third-order valence-electron chi connectivity index (χ3n) is 3.32. The van der Waals surface area contributed by atoms with Gasteiger partial charge in [0.1, 0.15) is 0 Å². The zero-order chi connectivity index (χ0) is 12.8. The van der Waals surface area contributed by atoms with E-state index in [1.807, 2.05) is 30.3 Å². The predicted octanol–water partition coefficient (Wildman–Crippen LogP) is 2.02. The van der Waals surface area contributed by atoms with E-state index >= 15 is 0 Å². The Balaban J connectivity index is 2.35. The number of fused-ring (bicyclic) bond motifs is 2. The van der Waals surface area contributed by atoms with Gasteiger partial charge >= 0.3 is 0 Å². The summed E-state index contributed by atoms with van der Waals surface area (Å²) < 4.78 is 24.7. The topological polar surface area (TPSA) is 60.2 Å². The van der Waals surface area contributed by atoms with E-state index < -0.39 is 9.84 Å². The van der Waals surface area contributed by atoms with Gasteiger partial charge in [0.15, 0.2) is 9.84 Å². The van der Waals surface area contributed by atoms with Crippen LogP contribution in [0.25, 0.3) is 0 Å². The first-order chi connectivity index (χ1) is 8.59. The molecule has 0 saturated carbocycles. The van der Waals surface area contributed by atoms with Crippen molar-refractivity contribution in [3.63, 3.8) is 0 Å². The summed E-state index contributed by atoms with van der Waals surface area (Å²) in [4.78, 5) is 0.355. The molecule has 2 N–H and O–H groups in total. The van der Waals surface area contributed by atoms with Crippen molar-refractivity contribution >= 4 is 9.84 Å². The van der Waals surface area contributed by atoms with Crippen LogP contribution in [0.2, 0.25) is 0 Å². The van der Waals surface area contributed by atoms with E-state index in [9.17, 15) is 8.42 Å². The maximum Gasteiger partial charge on any atom is 0.182 e. The molecule has 0 saturated heterocycles. The summed E-state index contributed by atoms with van der Waals surface area (Å²) in [5, 5.41) is 0. The van der Waals surface area contributed by atoms with Crippen molar-refractivity contribution < 1.29 is 8.42 Å². The number of hydrogen-bond donors (Lipinski definition) is 1. The van der Waals surface area contributed by atoms with Crippen LogP contribution >= 0.6 is 0 Å². The van der Waals surface area contributed by atoms with E-state index in [2.05, 4.69) is 0 Å². The minimum absolute atomic E-state index is 0.0217. The van der Waals surface area contributed by atoms with Crippen LogP contribution in [0.3, 0.4) is 0 Å². The molecule has 0 amide bonds. The first-order valence-corrected chi connectivity index (χ1v) is 7.40. The second-order valence-electron chi connectivity index (χ2n) is 4.47. The van der Waals surface area contributed by atoms with Gasteiger partial charge in [-0.05, 0) is 22.8 Å². The number of nitrogens with two attached hydrogens (primary N) is 1. The molecule has 1 atom stereocenters. The van der Waals surface area contributed by atoms with Crippen molar-refractivity contribution in [3.8, 4) is 0 Å². The predicted molar refractivity (Wildman–Crippen MR) is 69.8 cm³/mol. The first kappa shape index (κ1) is 11.4. The Kier molecular flexibility index (Phi) is 2.50. The molecule has 2 aromatic carbocycles. The van der Waals surface area contributed by atoms with Crippen molar-refractivity contribution in [1.82, 2.24) is 0 Å². The summed E-state index contributed by atoms with van der Waals surface area (Å²) >= 11 is 0. The summed E-state index contributed by atoms with van der Waals surface area (Å²) in [5.74, 6) is 0.0217. The van der Waals surface area contributed by atoms with Gasteiger partial charge in [-0.15, -0.1) is 0 Å². The molecule has 0 fully saturated rings. The molecule has 0 unspecified atom stereocenters. The fourth-order valence-electron chi connectivity index (χ4n) is 2.44. The third kappa shape index (κ3) is 1.65. The molecule has 18 heavy (non-hydrogen) atoms.